The maximum atomic E-state index is 11.6. The van der Waals surface area contributed by atoms with E-state index in [0.717, 1.165) is 4.88 Å². The van der Waals surface area contributed by atoms with Gasteiger partial charge in [0.25, 0.3) is 5.91 Å². The Bertz CT molecular complexity index is 376. The lowest BCUT2D eigenvalue weighted by molar-refractivity contribution is -0.123. The predicted octanol–water partition coefficient (Wildman–Crippen LogP) is -0.258. The van der Waals surface area contributed by atoms with Crippen molar-refractivity contribution in [1.82, 2.24) is 10.6 Å². The van der Waals surface area contributed by atoms with Gasteiger partial charge in [-0.15, -0.1) is 11.3 Å². The van der Waals surface area contributed by atoms with Crippen LogP contribution in [0, 0.1) is 0 Å². The second-order valence-corrected chi connectivity index (χ2v) is 3.94. The molecule has 1 atom stereocenters. The van der Waals surface area contributed by atoms with Crippen LogP contribution in [0.4, 0.5) is 4.79 Å². The number of imide groups is 1. The van der Waals surface area contributed by atoms with Gasteiger partial charge in [-0.2, -0.15) is 0 Å². The Balaban J connectivity index is 2.45. The lowest BCUT2D eigenvalue weighted by Gasteiger charge is -2.22. The molecule has 0 saturated carbocycles. The highest BCUT2D eigenvalue weighted by Gasteiger charge is 2.47. The van der Waals surface area contributed by atoms with Crippen molar-refractivity contribution in [3.05, 3.63) is 22.4 Å². The van der Waals surface area contributed by atoms with E-state index in [1.807, 2.05) is 11.4 Å². The van der Waals surface area contributed by atoms with Gasteiger partial charge in [0, 0.05) is 11.4 Å². The molecule has 1 aromatic heterocycles. The van der Waals surface area contributed by atoms with Crippen LogP contribution in [-0.4, -0.2) is 18.5 Å². The van der Waals surface area contributed by atoms with E-state index in [1.165, 1.54) is 11.3 Å². The Hall–Kier alpha value is -1.40. The molecule has 2 heterocycles. The fraction of sp³-hybridized carbons (Fsp3) is 0.250. The number of carbonyl (C=O) groups is 2. The summed E-state index contributed by atoms with van der Waals surface area (Å²) >= 11 is 1.39. The lowest BCUT2D eigenvalue weighted by Crippen LogP contribution is -2.49. The van der Waals surface area contributed by atoms with Gasteiger partial charge in [0.1, 0.15) is 0 Å². The molecule has 3 amide bonds. The van der Waals surface area contributed by atoms with Crippen LogP contribution >= 0.6 is 11.3 Å². The highest BCUT2D eigenvalue weighted by molar-refractivity contribution is 7.10. The van der Waals surface area contributed by atoms with E-state index in [4.69, 9.17) is 5.73 Å². The number of rotatable bonds is 2. The van der Waals surface area contributed by atoms with Gasteiger partial charge in [0.05, 0.1) is 0 Å². The Morgan fingerprint density at radius 1 is 1.50 bits per heavy atom. The zero-order valence-electron chi connectivity index (χ0n) is 7.24. The molecule has 74 valence electrons. The van der Waals surface area contributed by atoms with E-state index in [9.17, 15) is 9.59 Å². The van der Waals surface area contributed by atoms with E-state index in [0.29, 0.717) is 0 Å². The Kier molecular flexibility index (Phi) is 2.01. The van der Waals surface area contributed by atoms with Crippen molar-refractivity contribution < 1.29 is 9.59 Å². The second-order valence-electron chi connectivity index (χ2n) is 3.00. The van der Waals surface area contributed by atoms with Crippen LogP contribution in [0.25, 0.3) is 0 Å². The summed E-state index contributed by atoms with van der Waals surface area (Å²) in [6, 6.07) is 3.10. The van der Waals surface area contributed by atoms with Gasteiger partial charge in [0.2, 0.25) is 0 Å². The molecule has 6 heteroatoms. The van der Waals surface area contributed by atoms with E-state index in [2.05, 4.69) is 10.6 Å². The number of amides is 3. The van der Waals surface area contributed by atoms with Crippen molar-refractivity contribution >= 4 is 23.3 Å². The van der Waals surface area contributed by atoms with Gasteiger partial charge in [-0.05, 0) is 11.4 Å². The van der Waals surface area contributed by atoms with Crippen LogP contribution in [0.2, 0.25) is 0 Å². The topological polar surface area (TPSA) is 84.2 Å². The van der Waals surface area contributed by atoms with Crippen molar-refractivity contribution in [1.29, 1.82) is 0 Å². The van der Waals surface area contributed by atoms with Crippen molar-refractivity contribution in [3.63, 3.8) is 0 Å². The molecule has 14 heavy (non-hydrogen) atoms. The molecule has 0 aromatic carbocycles. The van der Waals surface area contributed by atoms with E-state index in [-0.39, 0.29) is 12.5 Å². The summed E-state index contributed by atoms with van der Waals surface area (Å²) < 4.78 is 0. The van der Waals surface area contributed by atoms with E-state index < -0.39 is 11.6 Å². The minimum Gasteiger partial charge on any atom is -0.327 e. The standard InChI is InChI=1S/C8H9N3O2S/c9-4-8(5-2-1-3-14-5)6(12)10-7(13)11-8/h1-3H,4,9H2,(H2,10,11,12,13). The van der Waals surface area contributed by atoms with E-state index in [1.54, 1.807) is 6.07 Å². The summed E-state index contributed by atoms with van der Waals surface area (Å²) in [4.78, 5) is 23.4. The maximum Gasteiger partial charge on any atom is 0.322 e. The van der Waals surface area contributed by atoms with Gasteiger partial charge in [-0.3, -0.25) is 10.1 Å². The molecular formula is C8H9N3O2S. The third-order valence-corrected chi connectivity index (χ3v) is 3.22. The van der Waals surface area contributed by atoms with Crippen LogP contribution in [0.1, 0.15) is 4.88 Å². The first-order chi connectivity index (χ1) is 6.69. The number of hydrogen-bond acceptors (Lipinski definition) is 4. The average molecular weight is 211 g/mol. The molecule has 1 aromatic rings. The fourth-order valence-electron chi connectivity index (χ4n) is 1.43. The van der Waals surface area contributed by atoms with Crippen LogP contribution in [0.5, 0.6) is 0 Å². The minimum absolute atomic E-state index is 0.0606. The molecule has 0 spiro atoms. The normalized spacial score (nSPS) is 26.1. The zero-order chi connectivity index (χ0) is 10.2. The number of hydrogen-bond donors (Lipinski definition) is 3. The first-order valence-corrected chi connectivity index (χ1v) is 4.94. The monoisotopic (exact) mass is 211 g/mol. The SMILES string of the molecule is NCC1(c2cccs2)NC(=O)NC1=O. The smallest absolute Gasteiger partial charge is 0.322 e. The summed E-state index contributed by atoms with van der Waals surface area (Å²) in [5.74, 6) is -0.382. The van der Waals surface area contributed by atoms with Gasteiger partial charge in [-0.1, -0.05) is 6.07 Å². The Morgan fingerprint density at radius 2 is 2.29 bits per heavy atom. The van der Waals surface area contributed by atoms with E-state index >= 15 is 0 Å². The predicted molar refractivity (Wildman–Crippen MR) is 51.7 cm³/mol. The van der Waals surface area contributed by atoms with Crippen LogP contribution in [-0.2, 0) is 10.3 Å². The molecule has 5 nitrogen and oxygen atoms in total. The number of thiophene rings is 1. The molecular weight excluding hydrogens is 202 g/mol. The van der Waals surface area contributed by atoms with Crippen molar-refractivity contribution in [2.24, 2.45) is 5.73 Å². The summed E-state index contributed by atoms with van der Waals surface area (Å²) in [7, 11) is 0. The second kappa shape index (κ2) is 3.07. The largest absolute Gasteiger partial charge is 0.327 e. The maximum absolute atomic E-state index is 11.6. The van der Waals surface area contributed by atoms with Gasteiger partial charge < -0.3 is 11.1 Å². The number of nitrogens with one attached hydrogen (secondary N) is 2. The molecule has 4 N–H and O–H groups in total. The summed E-state index contributed by atoms with van der Waals surface area (Å²) in [5.41, 5.74) is 4.48. The highest BCUT2D eigenvalue weighted by Crippen LogP contribution is 2.27. The molecule has 1 aliphatic rings. The number of nitrogens with two attached hydrogens (primary N) is 1. The molecule has 1 unspecified atom stereocenters. The molecule has 0 radical (unpaired) electrons. The third-order valence-electron chi connectivity index (χ3n) is 2.19. The third kappa shape index (κ3) is 1.11. The number of carbonyl (C=O) groups excluding carboxylic acids is 2. The molecule has 1 fully saturated rings. The summed E-state index contributed by atoms with van der Waals surface area (Å²) in [5, 5.41) is 6.58. The fourth-order valence-corrected chi connectivity index (χ4v) is 2.32. The van der Waals surface area contributed by atoms with Crippen LogP contribution < -0.4 is 16.4 Å². The molecule has 2 rings (SSSR count). The molecule has 1 aliphatic heterocycles. The van der Waals surface area contributed by atoms with Gasteiger partial charge in [0.15, 0.2) is 5.54 Å². The van der Waals surface area contributed by atoms with Crippen molar-refractivity contribution in [2.45, 2.75) is 5.54 Å². The van der Waals surface area contributed by atoms with Crippen molar-refractivity contribution in [3.8, 4) is 0 Å². The lowest BCUT2D eigenvalue weighted by atomic mass is 9.98. The first kappa shape index (κ1) is 9.17. The number of urea groups is 1. The minimum atomic E-state index is -1.06. The Morgan fingerprint density at radius 3 is 2.71 bits per heavy atom. The average Bonchev–Trinajstić information content (AvgIpc) is 2.73. The zero-order valence-corrected chi connectivity index (χ0v) is 8.06. The summed E-state index contributed by atoms with van der Waals surface area (Å²) in [6.45, 7) is 0.0606. The molecule has 0 aliphatic carbocycles. The van der Waals surface area contributed by atoms with Crippen LogP contribution in [0.15, 0.2) is 17.5 Å². The van der Waals surface area contributed by atoms with Gasteiger partial charge >= 0.3 is 6.03 Å². The van der Waals surface area contributed by atoms with Gasteiger partial charge in [-0.25, -0.2) is 4.79 Å². The molecule has 0 bridgehead atoms. The van der Waals surface area contributed by atoms with Crippen molar-refractivity contribution in [2.75, 3.05) is 6.54 Å². The highest BCUT2D eigenvalue weighted by atomic mass is 32.1. The Labute approximate surface area is 84.3 Å². The van der Waals surface area contributed by atoms with Crippen LogP contribution in [0.3, 0.4) is 0 Å². The summed E-state index contributed by atoms with van der Waals surface area (Å²) in [6.07, 6.45) is 0. The quantitative estimate of drug-likeness (QED) is 0.589. The molecule has 1 saturated heterocycles. The first-order valence-electron chi connectivity index (χ1n) is 4.07.